The van der Waals surface area contributed by atoms with Gasteiger partial charge in [0, 0.05) is 10.6 Å². The Balaban J connectivity index is 0.00000208. The van der Waals surface area contributed by atoms with Gasteiger partial charge in [-0.2, -0.15) is 0 Å². The van der Waals surface area contributed by atoms with Crippen molar-refractivity contribution in [2.45, 2.75) is 13.0 Å². The van der Waals surface area contributed by atoms with E-state index in [0.717, 1.165) is 30.0 Å². The maximum atomic E-state index is 6.21. The van der Waals surface area contributed by atoms with Gasteiger partial charge in [-0.3, -0.25) is 0 Å². The third-order valence-corrected chi connectivity index (χ3v) is 4.14. The van der Waals surface area contributed by atoms with Gasteiger partial charge in [-0.1, -0.05) is 53.5 Å². The summed E-state index contributed by atoms with van der Waals surface area (Å²) in [5.74, 6) is 1.64. The van der Waals surface area contributed by atoms with Gasteiger partial charge in [0.25, 0.3) is 0 Å². The quantitative estimate of drug-likeness (QED) is 0.528. The number of benzene rings is 2. The van der Waals surface area contributed by atoms with Crippen molar-refractivity contribution >= 4 is 35.6 Å². The molecule has 1 N–H and O–H groups in total. The summed E-state index contributed by atoms with van der Waals surface area (Å²) in [6.45, 7) is 1.60. The molecule has 0 aliphatic carbocycles. The van der Waals surface area contributed by atoms with Crippen LogP contribution in [0.3, 0.4) is 0 Å². The van der Waals surface area contributed by atoms with E-state index in [4.69, 9.17) is 27.6 Å². The Labute approximate surface area is 158 Å². The number of rotatable bonds is 6. The van der Waals surface area contributed by atoms with Crippen molar-refractivity contribution in [3.63, 3.8) is 0 Å². The van der Waals surface area contributed by atoms with Crippen LogP contribution in [0.5, 0.6) is 0 Å². The fourth-order valence-electron chi connectivity index (χ4n) is 2.40. The molecule has 126 valence electrons. The summed E-state index contributed by atoms with van der Waals surface area (Å²) in [6, 6.07) is 19.7. The Morgan fingerprint density at radius 2 is 1.71 bits per heavy atom. The van der Waals surface area contributed by atoms with Crippen LogP contribution in [0.15, 0.2) is 65.1 Å². The molecule has 0 saturated carbocycles. The molecule has 2 nitrogen and oxygen atoms in total. The first-order valence-electron chi connectivity index (χ1n) is 7.51. The molecule has 0 unspecified atom stereocenters. The number of nitrogens with one attached hydrogen (secondary N) is 1. The van der Waals surface area contributed by atoms with Crippen molar-refractivity contribution in [3.8, 4) is 11.3 Å². The molecular weight excluding hydrogens is 365 g/mol. The normalized spacial score (nSPS) is 10.4. The molecule has 0 fully saturated rings. The molecule has 1 heterocycles. The molecule has 0 amide bonds. The van der Waals surface area contributed by atoms with Crippen LogP contribution in [0, 0.1) is 0 Å². The lowest BCUT2D eigenvalue weighted by Gasteiger charge is -2.04. The zero-order valence-electron chi connectivity index (χ0n) is 13.0. The smallest absolute Gasteiger partial charge is 0.135 e. The highest BCUT2D eigenvalue weighted by Gasteiger charge is 2.09. The highest BCUT2D eigenvalue weighted by atomic mass is 35.5. The lowest BCUT2D eigenvalue weighted by Crippen LogP contribution is -2.16. The molecule has 3 rings (SSSR count). The summed E-state index contributed by atoms with van der Waals surface area (Å²) in [7, 11) is 0. The molecular formula is C19H18Cl3NO. The van der Waals surface area contributed by atoms with E-state index in [1.54, 1.807) is 6.07 Å². The molecule has 1 aromatic heterocycles. The molecule has 24 heavy (non-hydrogen) atoms. The van der Waals surface area contributed by atoms with Gasteiger partial charge in [0.1, 0.15) is 11.5 Å². The number of furan rings is 1. The van der Waals surface area contributed by atoms with Crippen LogP contribution < -0.4 is 5.32 Å². The van der Waals surface area contributed by atoms with Crippen LogP contribution in [0.25, 0.3) is 11.3 Å². The minimum atomic E-state index is 0. The Morgan fingerprint density at radius 3 is 2.46 bits per heavy atom. The first-order valence-corrected chi connectivity index (χ1v) is 8.27. The van der Waals surface area contributed by atoms with E-state index >= 15 is 0 Å². The van der Waals surface area contributed by atoms with Gasteiger partial charge in [-0.05, 0) is 48.9 Å². The molecule has 0 atom stereocenters. The Morgan fingerprint density at radius 1 is 0.917 bits per heavy atom. The van der Waals surface area contributed by atoms with Gasteiger partial charge < -0.3 is 9.73 Å². The topological polar surface area (TPSA) is 25.2 Å². The molecule has 0 aliphatic rings. The van der Waals surface area contributed by atoms with Crippen molar-refractivity contribution in [1.29, 1.82) is 0 Å². The van der Waals surface area contributed by atoms with Crippen molar-refractivity contribution < 1.29 is 4.42 Å². The van der Waals surface area contributed by atoms with E-state index in [1.165, 1.54) is 5.56 Å². The summed E-state index contributed by atoms with van der Waals surface area (Å²) >= 11 is 12.1. The summed E-state index contributed by atoms with van der Waals surface area (Å²) in [5, 5.41) is 4.60. The van der Waals surface area contributed by atoms with E-state index in [0.29, 0.717) is 16.6 Å². The summed E-state index contributed by atoms with van der Waals surface area (Å²) in [6.07, 6.45) is 0.997. The largest absolute Gasteiger partial charge is 0.460 e. The summed E-state index contributed by atoms with van der Waals surface area (Å²) in [4.78, 5) is 0. The van der Waals surface area contributed by atoms with E-state index in [2.05, 4.69) is 29.6 Å². The van der Waals surface area contributed by atoms with Gasteiger partial charge in [-0.25, -0.2) is 0 Å². The zero-order valence-corrected chi connectivity index (χ0v) is 15.3. The number of hydrogen-bond acceptors (Lipinski definition) is 2. The van der Waals surface area contributed by atoms with Crippen LogP contribution in [0.4, 0.5) is 0 Å². The lowest BCUT2D eigenvalue weighted by atomic mass is 10.1. The monoisotopic (exact) mass is 381 g/mol. The fraction of sp³-hybridized carbons (Fsp3) is 0.158. The zero-order chi connectivity index (χ0) is 16.1. The molecule has 0 radical (unpaired) electrons. The molecule has 0 aliphatic heterocycles. The molecule has 0 spiro atoms. The standard InChI is InChI=1S/C19H17Cl2NO.ClH/c20-15-6-8-17(18(21)12-15)19-9-7-16(23-19)13-22-11-10-14-4-2-1-3-5-14;/h1-9,12,22H,10-11,13H2;1H. The third-order valence-electron chi connectivity index (χ3n) is 3.59. The van der Waals surface area contributed by atoms with Gasteiger partial charge in [-0.15, -0.1) is 12.4 Å². The van der Waals surface area contributed by atoms with E-state index in [-0.39, 0.29) is 12.4 Å². The minimum absolute atomic E-state index is 0. The second-order valence-corrected chi connectivity index (χ2v) is 6.15. The Kier molecular flexibility index (Phi) is 7.19. The predicted octanol–water partition coefficient (Wildman–Crippen LogP) is 6.01. The van der Waals surface area contributed by atoms with Crippen LogP contribution in [0.2, 0.25) is 10.0 Å². The first kappa shape index (κ1) is 18.9. The SMILES string of the molecule is Cl.Clc1ccc(-c2ccc(CNCCc3ccccc3)o2)c(Cl)c1. The van der Waals surface area contributed by atoms with Crippen LogP contribution in [-0.4, -0.2) is 6.54 Å². The van der Waals surface area contributed by atoms with Crippen molar-refractivity contribution in [2.24, 2.45) is 0 Å². The molecule has 3 aromatic rings. The molecule has 0 bridgehead atoms. The first-order chi connectivity index (χ1) is 11.2. The van der Waals surface area contributed by atoms with Crippen LogP contribution in [0.1, 0.15) is 11.3 Å². The highest BCUT2D eigenvalue weighted by molar-refractivity contribution is 6.36. The second-order valence-electron chi connectivity index (χ2n) is 5.30. The predicted molar refractivity (Wildman–Crippen MR) is 103 cm³/mol. The Hall–Kier alpha value is -1.45. The highest BCUT2D eigenvalue weighted by Crippen LogP contribution is 2.31. The number of hydrogen-bond donors (Lipinski definition) is 1. The maximum Gasteiger partial charge on any atom is 0.135 e. The van der Waals surface area contributed by atoms with Gasteiger partial charge in [0.2, 0.25) is 0 Å². The van der Waals surface area contributed by atoms with Crippen LogP contribution >= 0.6 is 35.6 Å². The van der Waals surface area contributed by atoms with Gasteiger partial charge >= 0.3 is 0 Å². The lowest BCUT2D eigenvalue weighted by molar-refractivity contribution is 0.495. The minimum Gasteiger partial charge on any atom is -0.460 e. The molecule has 5 heteroatoms. The van der Waals surface area contributed by atoms with Gasteiger partial charge in [0.05, 0.1) is 11.6 Å². The van der Waals surface area contributed by atoms with Crippen molar-refractivity contribution in [2.75, 3.05) is 6.54 Å². The summed E-state index contributed by atoms with van der Waals surface area (Å²) in [5.41, 5.74) is 2.18. The summed E-state index contributed by atoms with van der Waals surface area (Å²) < 4.78 is 5.85. The Bertz CT molecular complexity index is 771. The van der Waals surface area contributed by atoms with E-state index in [1.807, 2.05) is 30.3 Å². The van der Waals surface area contributed by atoms with E-state index in [9.17, 15) is 0 Å². The number of halogens is 3. The maximum absolute atomic E-state index is 6.21. The average molecular weight is 383 g/mol. The van der Waals surface area contributed by atoms with Gasteiger partial charge in [0.15, 0.2) is 0 Å². The fourth-order valence-corrected chi connectivity index (χ4v) is 2.90. The molecule has 2 aromatic carbocycles. The van der Waals surface area contributed by atoms with Crippen molar-refractivity contribution in [1.82, 2.24) is 5.32 Å². The van der Waals surface area contributed by atoms with Crippen molar-refractivity contribution in [3.05, 3.63) is 82.0 Å². The second kappa shape index (κ2) is 9.14. The third kappa shape index (κ3) is 5.02. The van der Waals surface area contributed by atoms with E-state index < -0.39 is 0 Å². The molecule has 0 saturated heterocycles. The van der Waals surface area contributed by atoms with Crippen LogP contribution in [-0.2, 0) is 13.0 Å². The average Bonchev–Trinajstić information content (AvgIpc) is 3.01.